The topological polar surface area (TPSA) is 84.7 Å². The summed E-state index contributed by atoms with van der Waals surface area (Å²) in [4.78, 5) is 15.9. The molecule has 2 aromatic carbocycles. The number of rotatable bonds is 1. The summed E-state index contributed by atoms with van der Waals surface area (Å²) in [5, 5.41) is 9.18. The number of hydrogen-bond donors (Lipinski definition) is 1. The number of nitriles is 1. The molecule has 0 amide bonds. The van der Waals surface area contributed by atoms with E-state index in [1.807, 2.05) is 6.07 Å². The van der Waals surface area contributed by atoms with Crippen LogP contribution in [-0.4, -0.2) is 9.55 Å². The highest BCUT2D eigenvalue weighted by molar-refractivity contribution is 5.89. The van der Waals surface area contributed by atoms with E-state index in [0.29, 0.717) is 0 Å². The van der Waals surface area contributed by atoms with Gasteiger partial charge in [0.25, 0.3) is 0 Å². The van der Waals surface area contributed by atoms with E-state index in [4.69, 9.17) is 11.0 Å². The molecule has 0 aliphatic carbocycles. The second-order valence-electron chi connectivity index (χ2n) is 5.01. The summed E-state index contributed by atoms with van der Waals surface area (Å²) < 4.78 is 40.0. The molecule has 0 saturated heterocycles. The molecule has 0 aliphatic heterocycles. The monoisotopic (exact) mass is 330 g/mol. The summed E-state index contributed by atoms with van der Waals surface area (Å²) in [5.41, 5.74) is 4.39. The number of halogens is 3. The number of nitrogens with two attached hydrogens (primary N) is 1. The van der Waals surface area contributed by atoms with Crippen molar-refractivity contribution >= 4 is 16.7 Å². The minimum atomic E-state index is -4.57. The first-order valence-electron chi connectivity index (χ1n) is 6.71. The van der Waals surface area contributed by atoms with Crippen LogP contribution in [0.25, 0.3) is 16.6 Å². The quantitative estimate of drug-likeness (QED) is 0.743. The van der Waals surface area contributed by atoms with Crippen molar-refractivity contribution in [2.75, 3.05) is 5.73 Å². The van der Waals surface area contributed by atoms with Gasteiger partial charge in [-0.1, -0.05) is 6.07 Å². The molecule has 3 aromatic rings. The highest BCUT2D eigenvalue weighted by Crippen LogP contribution is 2.32. The fourth-order valence-electron chi connectivity index (χ4n) is 2.39. The van der Waals surface area contributed by atoms with Crippen LogP contribution in [0.15, 0.2) is 47.3 Å². The summed E-state index contributed by atoms with van der Waals surface area (Å²) in [6.07, 6.45) is -4.57. The number of anilines is 1. The van der Waals surface area contributed by atoms with E-state index in [9.17, 15) is 18.0 Å². The Labute approximate surface area is 133 Å². The van der Waals surface area contributed by atoms with Gasteiger partial charge in [0.2, 0.25) is 0 Å². The smallest absolute Gasteiger partial charge is 0.383 e. The zero-order chi connectivity index (χ0) is 17.5. The molecule has 0 unspecified atom stereocenters. The number of aromatic nitrogens is 2. The van der Waals surface area contributed by atoms with Crippen LogP contribution in [0.1, 0.15) is 11.1 Å². The first-order chi connectivity index (χ1) is 11.3. The molecule has 5 nitrogen and oxygen atoms in total. The zero-order valence-electron chi connectivity index (χ0n) is 12.0. The average molecular weight is 330 g/mol. The molecule has 8 heteroatoms. The fourth-order valence-corrected chi connectivity index (χ4v) is 2.39. The van der Waals surface area contributed by atoms with Crippen LogP contribution in [0.3, 0.4) is 0 Å². The highest BCUT2D eigenvalue weighted by Gasteiger charge is 2.31. The number of nitrogens with zero attached hydrogens (tertiary/aromatic N) is 3. The molecule has 1 heterocycles. The van der Waals surface area contributed by atoms with Gasteiger partial charge in [0.1, 0.15) is 5.82 Å². The lowest BCUT2D eigenvalue weighted by Crippen LogP contribution is -2.23. The normalized spacial score (nSPS) is 11.4. The Morgan fingerprint density at radius 1 is 1.17 bits per heavy atom. The average Bonchev–Trinajstić information content (AvgIpc) is 2.53. The third-order valence-corrected chi connectivity index (χ3v) is 3.48. The summed E-state index contributed by atoms with van der Waals surface area (Å²) in [6.45, 7) is 0. The summed E-state index contributed by atoms with van der Waals surface area (Å²) in [7, 11) is 0. The van der Waals surface area contributed by atoms with Gasteiger partial charge in [-0.15, -0.1) is 0 Å². The Kier molecular flexibility index (Phi) is 3.49. The molecule has 120 valence electrons. The standard InChI is InChI=1S/C16H9F3N4O/c17-16(18,19)10-4-5-12-13(7-10)23(15(24)22-14(12)21)11-3-1-2-9(6-11)8-20/h1-7H,(H2,21,22,24). The number of fused-ring (bicyclic) bond motifs is 1. The molecule has 0 radical (unpaired) electrons. The number of benzene rings is 2. The fraction of sp³-hybridized carbons (Fsp3) is 0.0625. The predicted molar refractivity (Wildman–Crippen MR) is 81.5 cm³/mol. The van der Waals surface area contributed by atoms with E-state index in [0.717, 1.165) is 16.7 Å². The first-order valence-corrected chi connectivity index (χ1v) is 6.71. The molecule has 0 saturated carbocycles. The molecule has 3 rings (SSSR count). The highest BCUT2D eigenvalue weighted by atomic mass is 19.4. The molecule has 2 N–H and O–H groups in total. The maximum Gasteiger partial charge on any atom is 0.416 e. The SMILES string of the molecule is N#Cc1cccc(-n2c(=O)nc(N)c3ccc(C(F)(F)F)cc32)c1. The van der Waals surface area contributed by atoms with Gasteiger partial charge in [0, 0.05) is 5.39 Å². The second-order valence-corrected chi connectivity index (χ2v) is 5.01. The van der Waals surface area contributed by atoms with Crippen LogP contribution in [0.5, 0.6) is 0 Å². The molecule has 0 spiro atoms. The van der Waals surface area contributed by atoms with Crippen molar-refractivity contribution in [1.29, 1.82) is 5.26 Å². The molecule has 0 aliphatic rings. The minimum Gasteiger partial charge on any atom is -0.383 e. The largest absolute Gasteiger partial charge is 0.416 e. The van der Waals surface area contributed by atoms with Crippen LogP contribution in [0.4, 0.5) is 19.0 Å². The second kappa shape index (κ2) is 5.38. The van der Waals surface area contributed by atoms with E-state index in [1.165, 1.54) is 30.3 Å². The van der Waals surface area contributed by atoms with Crippen LogP contribution in [-0.2, 0) is 6.18 Å². The minimum absolute atomic E-state index is 0.0302. The van der Waals surface area contributed by atoms with Gasteiger partial charge in [-0.25, -0.2) is 4.79 Å². The van der Waals surface area contributed by atoms with Gasteiger partial charge < -0.3 is 5.73 Å². The third-order valence-electron chi connectivity index (χ3n) is 3.48. The van der Waals surface area contributed by atoms with Crippen LogP contribution in [0.2, 0.25) is 0 Å². The van der Waals surface area contributed by atoms with E-state index in [1.54, 1.807) is 0 Å². The van der Waals surface area contributed by atoms with Crippen molar-refractivity contribution in [3.05, 3.63) is 64.1 Å². The lowest BCUT2D eigenvalue weighted by Gasteiger charge is -2.13. The van der Waals surface area contributed by atoms with E-state index < -0.39 is 17.4 Å². The van der Waals surface area contributed by atoms with Crippen molar-refractivity contribution in [2.24, 2.45) is 0 Å². The van der Waals surface area contributed by atoms with Gasteiger partial charge in [0.15, 0.2) is 0 Å². The predicted octanol–water partition coefficient (Wildman–Crippen LogP) is 2.86. The summed E-state index contributed by atoms with van der Waals surface area (Å²) in [6, 6.07) is 10.7. The number of nitrogen functional groups attached to an aromatic ring is 1. The van der Waals surface area contributed by atoms with Crippen LogP contribution < -0.4 is 11.4 Å². The van der Waals surface area contributed by atoms with Crippen molar-refractivity contribution in [3.63, 3.8) is 0 Å². The molecule has 0 fully saturated rings. The Balaban J connectivity index is 2.42. The number of hydrogen-bond acceptors (Lipinski definition) is 4. The van der Waals surface area contributed by atoms with Crippen LogP contribution >= 0.6 is 0 Å². The van der Waals surface area contributed by atoms with Crippen molar-refractivity contribution in [3.8, 4) is 11.8 Å². The van der Waals surface area contributed by atoms with Gasteiger partial charge >= 0.3 is 11.9 Å². The van der Waals surface area contributed by atoms with E-state index in [2.05, 4.69) is 4.98 Å². The summed E-state index contributed by atoms with van der Waals surface area (Å²) >= 11 is 0. The van der Waals surface area contributed by atoms with Crippen LogP contribution in [0, 0.1) is 11.3 Å². The van der Waals surface area contributed by atoms with Gasteiger partial charge in [-0.05, 0) is 36.4 Å². The Hall–Kier alpha value is -3.34. The van der Waals surface area contributed by atoms with Gasteiger partial charge in [-0.3, -0.25) is 4.57 Å². The van der Waals surface area contributed by atoms with Crippen molar-refractivity contribution in [1.82, 2.24) is 9.55 Å². The molecule has 24 heavy (non-hydrogen) atoms. The maximum absolute atomic E-state index is 13.0. The summed E-state index contributed by atoms with van der Waals surface area (Å²) in [5.74, 6) is -0.156. The Morgan fingerprint density at radius 2 is 1.92 bits per heavy atom. The van der Waals surface area contributed by atoms with E-state index in [-0.39, 0.29) is 28.0 Å². The maximum atomic E-state index is 13.0. The molecule has 0 bridgehead atoms. The molecular formula is C16H9F3N4O. The lowest BCUT2D eigenvalue weighted by molar-refractivity contribution is -0.137. The lowest BCUT2D eigenvalue weighted by atomic mass is 10.1. The first kappa shape index (κ1) is 15.6. The van der Waals surface area contributed by atoms with Gasteiger partial charge in [0.05, 0.1) is 28.4 Å². The molecular weight excluding hydrogens is 321 g/mol. The van der Waals surface area contributed by atoms with E-state index >= 15 is 0 Å². The van der Waals surface area contributed by atoms with Gasteiger partial charge in [-0.2, -0.15) is 23.4 Å². The molecule has 1 aromatic heterocycles. The van der Waals surface area contributed by atoms with Crippen molar-refractivity contribution in [2.45, 2.75) is 6.18 Å². The number of alkyl halides is 3. The van der Waals surface area contributed by atoms with Crippen molar-refractivity contribution < 1.29 is 13.2 Å². The molecule has 0 atom stereocenters. The zero-order valence-corrected chi connectivity index (χ0v) is 12.0. The Bertz CT molecular complexity index is 1050. The Morgan fingerprint density at radius 3 is 2.58 bits per heavy atom. The third kappa shape index (κ3) is 2.56.